The molecule has 0 aromatic heterocycles. The second-order valence-electron chi connectivity index (χ2n) is 11.6. The van der Waals surface area contributed by atoms with E-state index >= 15 is 0 Å². The number of carboxylic acid groups (broad SMARTS) is 1. The van der Waals surface area contributed by atoms with E-state index in [1.54, 1.807) is 6.92 Å². The summed E-state index contributed by atoms with van der Waals surface area (Å²) in [6.45, 7) is 0.830. The Morgan fingerprint density at radius 1 is 1.20 bits per heavy atom. The summed E-state index contributed by atoms with van der Waals surface area (Å²) in [5.74, 6) is -8.72. The fourth-order valence-electron chi connectivity index (χ4n) is 6.36. The summed E-state index contributed by atoms with van der Waals surface area (Å²) in [5.41, 5.74) is 5.46. The van der Waals surface area contributed by atoms with E-state index in [0.717, 1.165) is 25.7 Å². The number of nitrogens with one attached hydrogen (secondary N) is 1. The lowest BCUT2D eigenvalue weighted by Crippen LogP contribution is -2.62. The summed E-state index contributed by atoms with van der Waals surface area (Å²) < 4.78 is 22.7. The predicted octanol–water partition coefficient (Wildman–Crippen LogP) is -3.17. The van der Waals surface area contributed by atoms with Crippen LogP contribution in [-0.2, 0) is 23.7 Å². The number of fused-ring (bicyclic) bond motifs is 1. The number of carbonyl (C=O) groups is 1. The van der Waals surface area contributed by atoms with Gasteiger partial charge in [-0.1, -0.05) is 13.3 Å². The van der Waals surface area contributed by atoms with Crippen molar-refractivity contribution in [1.29, 1.82) is 0 Å². The molecule has 1 saturated carbocycles. The third-order valence-electron chi connectivity index (χ3n) is 8.71. The lowest BCUT2D eigenvalue weighted by molar-refractivity contribution is -0.335. The van der Waals surface area contributed by atoms with Crippen molar-refractivity contribution in [2.75, 3.05) is 26.4 Å². The monoisotopic (exact) mass is 592 g/mol. The number of nitrogens with two attached hydrogens (primary N) is 1. The van der Waals surface area contributed by atoms with E-state index in [1.165, 1.54) is 0 Å². The van der Waals surface area contributed by atoms with Crippen molar-refractivity contribution >= 4 is 5.97 Å². The summed E-state index contributed by atoms with van der Waals surface area (Å²) in [6.07, 6.45) is -5.37. The quantitative estimate of drug-likeness (QED) is 0.0947. The molecule has 3 aliphatic heterocycles. The average Bonchev–Trinajstić information content (AvgIpc) is 3.09. The first kappa shape index (κ1) is 32.3. The molecule has 3 heterocycles. The van der Waals surface area contributed by atoms with Crippen LogP contribution in [0.4, 0.5) is 0 Å². The number of aliphatic carboxylic acids is 1. The Labute approximate surface area is 237 Å². The van der Waals surface area contributed by atoms with Gasteiger partial charge in [0, 0.05) is 37.6 Å². The van der Waals surface area contributed by atoms with Crippen LogP contribution < -0.4 is 11.1 Å². The molecule has 11 N–H and O–H groups in total. The van der Waals surface area contributed by atoms with Crippen molar-refractivity contribution in [3.8, 4) is 0 Å². The molecule has 0 amide bonds. The molecule has 7 unspecified atom stereocenters. The molecule has 12 atom stereocenters. The fourth-order valence-corrected chi connectivity index (χ4v) is 6.36. The van der Waals surface area contributed by atoms with Crippen molar-refractivity contribution in [1.82, 2.24) is 5.32 Å². The molecule has 4 rings (SSSR count). The van der Waals surface area contributed by atoms with Crippen LogP contribution in [0.2, 0.25) is 0 Å². The zero-order valence-electron chi connectivity index (χ0n) is 23.0. The Morgan fingerprint density at radius 2 is 1.90 bits per heavy atom. The topological polar surface area (TPSA) is 254 Å². The van der Waals surface area contributed by atoms with Crippen LogP contribution in [-0.4, -0.2) is 133 Å². The molecule has 2 saturated heterocycles. The molecule has 41 heavy (non-hydrogen) atoms. The lowest BCUT2D eigenvalue weighted by Gasteiger charge is -2.48. The minimum atomic E-state index is -2.33. The molecule has 15 heteroatoms. The molecule has 0 spiro atoms. The molecule has 0 bridgehead atoms. The Balaban J connectivity index is 1.46. The van der Waals surface area contributed by atoms with E-state index in [1.807, 2.05) is 0 Å². The van der Waals surface area contributed by atoms with Crippen molar-refractivity contribution in [3.63, 3.8) is 0 Å². The van der Waals surface area contributed by atoms with Crippen LogP contribution in [0.1, 0.15) is 45.4 Å². The number of ether oxygens (including phenoxy) is 4. The highest BCUT2D eigenvalue weighted by Crippen LogP contribution is 2.53. The highest BCUT2D eigenvalue weighted by atomic mass is 16.8. The highest BCUT2D eigenvalue weighted by Gasteiger charge is 2.69. The number of rotatable bonds is 13. The summed E-state index contributed by atoms with van der Waals surface area (Å²) in [5, 5.41) is 85.5. The van der Waals surface area contributed by atoms with Crippen molar-refractivity contribution in [2.45, 2.75) is 106 Å². The predicted molar refractivity (Wildman–Crippen MR) is 137 cm³/mol. The van der Waals surface area contributed by atoms with Crippen molar-refractivity contribution < 1.29 is 64.6 Å². The number of hydrogen-bond donors (Lipinski definition) is 10. The summed E-state index contributed by atoms with van der Waals surface area (Å²) >= 11 is 0. The van der Waals surface area contributed by atoms with Crippen LogP contribution in [0.25, 0.3) is 0 Å². The van der Waals surface area contributed by atoms with Gasteiger partial charge in [-0.15, -0.1) is 0 Å². The first-order valence-electron chi connectivity index (χ1n) is 14.2. The van der Waals surface area contributed by atoms with E-state index in [0.29, 0.717) is 13.0 Å². The van der Waals surface area contributed by atoms with E-state index in [9.17, 15) is 45.6 Å². The molecule has 4 aliphatic rings. The molecule has 1 aliphatic carbocycles. The van der Waals surface area contributed by atoms with Gasteiger partial charge in [0.15, 0.2) is 6.10 Å². The van der Waals surface area contributed by atoms with Gasteiger partial charge in [-0.2, -0.15) is 0 Å². The Hall–Kier alpha value is -1.63. The molecule has 236 valence electrons. The van der Waals surface area contributed by atoms with E-state index in [-0.39, 0.29) is 24.3 Å². The van der Waals surface area contributed by atoms with Crippen LogP contribution in [0.5, 0.6) is 0 Å². The SMILES string of the molecule is C[C@H](CO)C1O[C@@](OCCCC2CCCC(CN)N2)(C(=O)O)CC(O)[C@H]1OC1=C2C(O)[C@H](O)C([C@@H](O)CO)C2(O)O1. The minimum Gasteiger partial charge on any atom is -0.477 e. The van der Waals surface area contributed by atoms with Gasteiger partial charge in [-0.3, -0.25) is 0 Å². The van der Waals surface area contributed by atoms with Gasteiger partial charge in [-0.05, 0) is 25.7 Å². The molecule has 3 fully saturated rings. The Kier molecular flexibility index (Phi) is 10.2. The third kappa shape index (κ3) is 6.08. The zero-order chi connectivity index (χ0) is 30.1. The van der Waals surface area contributed by atoms with Gasteiger partial charge >= 0.3 is 5.97 Å². The maximum absolute atomic E-state index is 12.4. The van der Waals surface area contributed by atoms with Crippen LogP contribution in [0, 0.1) is 11.8 Å². The van der Waals surface area contributed by atoms with Crippen molar-refractivity contribution in [3.05, 3.63) is 11.5 Å². The normalized spacial score (nSPS) is 42.2. The molecule has 0 radical (unpaired) electrons. The molecule has 0 aromatic carbocycles. The van der Waals surface area contributed by atoms with E-state index in [2.05, 4.69) is 5.32 Å². The molecule has 0 aromatic rings. The van der Waals surface area contributed by atoms with E-state index < -0.39 is 91.6 Å². The fraction of sp³-hybridized carbons (Fsp3) is 0.885. The second kappa shape index (κ2) is 12.9. The smallest absolute Gasteiger partial charge is 0.364 e. The van der Waals surface area contributed by atoms with Crippen LogP contribution in [0.15, 0.2) is 11.5 Å². The Bertz CT molecular complexity index is 954. The summed E-state index contributed by atoms with van der Waals surface area (Å²) in [6, 6.07) is 0.484. The minimum absolute atomic E-state index is 0.0281. The van der Waals surface area contributed by atoms with E-state index in [4.69, 9.17) is 24.7 Å². The van der Waals surface area contributed by atoms with Gasteiger partial charge in [0.05, 0.1) is 37.4 Å². The van der Waals surface area contributed by atoms with Gasteiger partial charge in [0.25, 0.3) is 17.5 Å². The number of aliphatic hydroxyl groups is 7. The highest BCUT2D eigenvalue weighted by molar-refractivity contribution is 5.76. The van der Waals surface area contributed by atoms with Crippen molar-refractivity contribution in [2.24, 2.45) is 17.6 Å². The maximum Gasteiger partial charge on any atom is 0.364 e. The molecular weight excluding hydrogens is 548 g/mol. The summed E-state index contributed by atoms with van der Waals surface area (Å²) in [4.78, 5) is 12.4. The third-order valence-corrected chi connectivity index (χ3v) is 8.71. The van der Waals surface area contributed by atoms with Gasteiger partial charge in [0.1, 0.15) is 17.8 Å². The number of hydrogen-bond acceptors (Lipinski definition) is 14. The lowest BCUT2D eigenvalue weighted by atomic mass is 9.88. The number of carboxylic acids is 1. The standard InChI is InChI=1S/C26H44N2O13/c1-12(10-29)21-22(39-23-18-20(34)19(33)17(16(32)11-30)26(18,37)41-23)15(31)8-25(40-21,24(35)36)38-7-3-6-13-4-2-5-14(9-27)28-13/h12-17,19-22,28-34,37H,2-11,27H2,1H3,(H,35,36)/t12-,13?,14?,15?,16+,17?,19-,20?,21?,22-,25-,26?/m1/s1. The number of aliphatic hydroxyl groups excluding tert-OH is 6. The first-order chi connectivity index (χ1) is 19.4. The van der Waals surface area contributed by atoms with Crippen LogP contribution >= 0.6 is 0 Å². The summed E-state index contributed by atoms with van der Waals surface area (Å²) in [7, 11) is 0. The van der Waals surface area contributed by atoms with Gasteiger partial charge < -0.3 is 70.9 Å². The number of piperidine rings is 1. The average molecular weight is 593 g/mol. The van der Waals surface area contributed by atoms with Gasteiger partial charge in [0.2, 0.25) is 0 Å². The van der Waals surface area contributed by atoms with Crippen LogP contribution in [0.3, 0.4) is 0 Å². The Morgan fingerprint density at radius 3 is 2.54 bits per heavy atom. The maximum atomic E-state index is 12.4. The molecular formula is C26H44N2O13. The van der Waals surface area contributed by atoms with Gasteiger partial charge in [-0.25, -0.2) is 4.79 Å². The first-order valence-corrected chi connectivity index (χ1v) is 14.2. The second-order valence-corrected chi connectivity index (χ2v) is 11.6. The molecule has 15 nitrogen and oxygen atoms in total. The zero-order valence-corrected chi connectivity index (χ0v) is 23.0. The largest absolute Gasteiger partial charge is 0.477 e.